The van der Waals surface area contributed by atoms with Gasteiger partial charge in [-0.1, -0.05) is 6.07 Å². The van der Waals surface area contributed by atoms with E-state index >= 15 is 0 Å². The van der Waals surface area contributed by atoms with Crippen molar-refractivity contribution >= 4 is 10.0 Å². The molecule has 0 aliphatic carbocycles. The molecule has 1 unspecified atom stereocenters. The highest BCUT2D eigenvalue weighted by atomic mass is 32.2. The van der Waals surface area contributed by atoms with Gasteiger partial charge in [0.25, 0.3) is 0 Å². The van der Waals surface area contributed by atoms with Gasteiger partial charge in [0.2, 0.25) is 10.0 Å². The first kappa shape index (κ1) is 15.8. The molecule has 2 aromatic rings. The Hall–Kier alpha value is -2.12. The van der Waals surface area contributed by atoms with Crippen molar-refractivity contribution in [2.45, 2.75) is 24.3 Å². The fourth-order valence-electron chi connectivity index (χ4n) is 2.30. The van der Waals surface area contributed by atoms with Crippen LogP contribution in [0.5, 0.6) is 11.5 Å². The van der Waals surface area contributed by atoms with Crippen molar-refractivity contribution in [2.75, 3.05) is 13.2 Å². The maximum atomic E-state index is 12.6. The van der Waals surface area contributed by atoms with Crippen LogP contribution >= 0.6 is 0 Å². The summed E-state index contributed by atoms with van der Waals surface area (Å²) in [7, 11) is -3.68. The topological polar surface area (TPSA) is 77.5 Å². The Bertz CT molecular complexity index is 778. The molecular weight excluding hydrogens is 316 g/mol. The lowest BCUT2D eigenvalue weighted by Gasteiger charge is -2.15. The zero-order valence-electron chi connectivity index (χ0n) is 12.7. The van der Waals surface area contributed by atoms with Gasteiger partial charge in [-0.3, -0.25) is 4.98 Å². The molecule has 0 bridgehead atoms. The second kappa shape index (κ2) is 6.55. The van der Waals surface area contributed by atoms with Gasteiger partial charge in [-0.15, -0.1) is 0 Å². The quantitative estimate of drug-likeness (QED) is 0.928. The van der Waals surface area contributed by atoms with Gasteiger partial charge in [0.1, 0.15) is 0 Å². The normalized spacial score (nSPS) is 15.7. The number of rotatable bonds is 4. The molecule has 7 heteroatoms. The fraction of sp³-hybridized carbons (Fsp3) is 0.312. The summed E-state index contributed by atoms with van der Waals surface area (Å²) >= 11 is 0. The summed E-state index contributed by atoms with van der Waals surface area (Å²) in [6, 6.07) is 9.59. The number of pyridine rings is 1. The van der Waals surface area contributed by atoms with Crippen LogP contribution in [0, 0.1) is 0 Å². The van der Waals surface area contributed by atoms with Crippen molar-refractivity contribution in [3.63, 3.8) is 0 Å². The van der Waals surface area contributed by atoms with E-state index in [9.17, 15) is 8.42 Å². The number of nitrogens with zero attached hydrogens (tertiary/aromatic N) is 1. The first-order chi connectivity index (χ1) is 11.1. The Morgan fingerprint density at radius 3 is 2.65 bits per heavy atom. The lowest BCUT2D eigenvalue weighted by Crippen LogP contribution is -2.27. The predicted octanol–water partition coefficient (Wildman–Crippen LogP) is 2.28. The van der Waals surface area contributed by atoms with Gasteiger partial charge in [-0.05, 0) is 31.2 Å². The molecule has 2 heterocycles. The van der Waals surface area contributed by atoms with Gasteiger partial charge in [0.15, 0.2) is 11.5 Å². The summed E-state index contributed by atoms with van der Waals surface area (Å²) in [5.41, 5.74) is 0.658. The van der Waals surface area contributed by atoms with Gasteiger partial charge in [0.05, 0.1) is 29.8 Å². The Morgan fingerprint density at radius 1 is 1.13 bits per heavy atom. The Balaban J connectivity index is 1.84. The number of aromatic nitrogens is 1. The summed E-state index contributed by atoms with van der Waals surface area (Å²) in [5.74, 6) is 1.02. The summed E-state index contributed by atoms with van der Waals surface area (Å²) < 4.78 is 38.8. The predicted molar refractivity (Wildman–Crippen MR) is 85.0 cm³/mol. The monoisotopic (exact) mass is 334 g/mol. The molecule has 1 aliphatic heterocycles. The molecule has 1 aromatic carbocycles. The minimum atomic E-state index is -3.68. The van der Waals surface area contributed by atoms with Crippen molar-refractivity contribution in [1.82, 2.24) is 9.71 Å². The molecule has 0 spiro atoms. The Labute approximate surface area is 135 Å². The van der Waals surface area contributed by atoms with E-state index in [-0.39, 0.29) is 4.90 Å². The molecule has 0 saturated heterocycles. The molecule has 3 rings (SSSR count). The van der Waals surface area contributed by atoms with Gasteiger partial charge in [-0.25, -0.2) is 13.1 Å². The van der Waals surface area contributed by atoms with E-state index in [1.807, 2.05) is 6.07 Å². The van der Waals surface area contributed by atoms with E-state index in [4.69, 9.17) is 9.47 Å². The number of hydrogen-bond donors (Lipinski definition) is 1. The van der Waals surface area contributed by atoms with Crippen molar-refractivity contribution in [2.24, 2.45) is 0 Å². The van der Waals surface area contributed by atoms with Gasteiger partial charge in [0, 0.05) is 18.7 Å². The van der Waals surface area contributed by atoms with E-state index in [1.54, 1.807) is 31.3 Å². The molecule has 1 aromatic heterocycles. The number of benzene rings is 1. The van der Waals surface area contributed by atoms with Crippen LogP contribution in [-0.2, 0) is 10.0 Å². The SMILES string of the molecule is CC(NS(=O)(=O)c1ccc2c(c1)OCCCO2)c1ccccn1. The van der Waals surface area contributed by atoms with Crippen molar-refractivity contribution in [1.29, 1.82) is 0 Å². The van der Waals surface area contributed by atoms with Crippen LogP contribution < -0.4 is 14.2 Å². The first-order valence-corrected chi connectivity index (χ1v) is 8.87. The van der Waals surface area contributed by atoms with E-state index in [0.717, 1.165) is 6.42 Å². The van der Waals surface area contributed by atoms with Gasteiger partial charge < -0.3 is 9.47 Å². The molecule has 1 aliphatic rings. The number of nitrogens with one attached hydrogen (secondary N) is 1. The standard InChI is InChI=1S/C16H18N2O4S/c1-12(14-5-2-3-8-17-14)18-23(19,20)13-6-7-15-16(11-13)22-10-4-9-21-15/h2-3,5-8,11-12,18H,4,9-10H2,1H3. The average molecular weight is 334 g/mol. The largest absolute Gasteiger partial charge is 0.490 e. The van der Waals surface area contributed by atoms with Gasteiger partial charge >= 0.3 is 0 Å². The Morgan fingerprint density at radius 2 is 1.91 bits per heavy atom. The zero-order chi connectivity index (χ0) is 16.3. The highest BCUT2D eigenvalue weighted by Gasteiger charge is 2.21. The molecule has 6 nitrogen and oxygen atoms in total. The lowest BCUT2D eigenvalue weighted by molar-refractivity contribution is 0.297. The minimum absolute atomic E-state index is 0.143. The maximum Gasteiger partial charge on any atom is 0.241 e. The van der Waals surface area contributed by atoms with Crippen molar-refractivity contribution in [3.05, 3.63) is 48.3 Å². The van der Waals surface area contributed by atoms with Crippen LogP contribution in [0.1, 0.15) is 25.1 Å². The van der Waals surface area contributed by atoms with Crippen LogP contribution in [0.4, 0.5) is 0 Å². The summed E-state index contributed by atoms with van der Waals surface area (Å²) in [6.45, 7) is 2.82. The third kappa shape index (κ3) is 3.62. The summed E-state index contributed by atoms with van der Waals surface area (Å²) in [4.78, 5) is 4.31. The average Bonchev–Trinajstić information content (AvgIpc) is 2.80. The molecule has 0 radical (unpaired) electrons. The van der Waals surface area contributed by atoms with Crippen LogP contribution in [0.3, 0.4) is 0 Å². The zero-order valence-corrected chi connectivity index (χ0v) is 13.5. The first-order valence-electron chi connectivity index (χ1n) is 7.39. The molecule has 23 heavy (non-hydrogen) atoms. The smallest absolute Gasteiger partial charge is 0.241 e. The second-order valence-electron chi connectivity index (χ2n) is 5.26. The molecular formula is C16H18N2O4S. The van der Waals surface area contributed by atoms with Crippen LogP contribution in [0.15, 0.2) is 47.5 Å². The number of ether oxygens (including phenoxy) is 2. The molecule has 0 amide bonds. The van der Waals surface area contributed by atoms with Crippen molar-refractivity contribution < 1.29 is 17.9 Å². The second-order valence-corrected chi connectivity index (χ2v) is 6.97. The van der Waals surface area contributed by atoms with Gasteiger partial charge in [-0.2, -0.15) is 0 Å². The minimum Gasteiger partial charge on any atom is -0.490 e. The van der Waals surface area contributed by atoms with E-state index in [1.165, 1.54) is 12.1 Å². The maximum absolute atomic E-state index is 12.6. The lowest BCUT2D eigenvalue weighted by atomic mass is 10.2. The molecule has 1 atom stereocenters. The Kier molecular flexibility index (Phi) is 4.49. The third-order valence-electron chi connectivity index (χ3n) is 3.49. The van der Waals surface area contributed by atoms with Crippen LogP contribution in [-0.4, -0.2) is 26.6 Å². The third-order valence-corrected chi connectivity index (χ3v) is 5.03. The highest BCUT2D eigenvalue weighted by molar-refractivity contribution is 7.89. The van der Waals surface area contributed by atoms with E-state index in [0.29, 0.717) is 30.4 Å². The summed E-state index contributed by atoms with van der Waals surface area (Å²) in [5, 5.41) is 0. The number of fused-ring (bicyclic) bond motifs is 1. The van der Waals surface area contributed by atoms with E-state index < -0.39 is 16.1 Å². The fourth-order valence-corrected chi connectivity index (χ4v) is 3.54. The molecule has 122 valence electrons. The molecule has 1 N–H and O–H groups in total. The number of sulfonamides is 1. The van der Waals surface area contributed by atoms with Crippen molar-refractivity contribution in [3.8, 4) is 11.5 Å². The van der Waals surface area contributed by atoms with Crippen LogP contribution in [0.2, 0.25) is 0 Å². The van der Waals surface area contributed by atoms with Crippen LogP contribution in [0.25, 0.3) is 0 Å². The molecule has 0 fully saturated rings. The molecule has 0 saturated carbocycles. The highest BCUT2D eigenvalue weighted by Crippen LogP contribution is 2.32. The number of hydrogen-bond acceptors (Lipinski definition) is 5. The summed E-state index contributed by atoms with van der Waals surface area (Å²) in [6.07, 6.45) is 2.40. The van der Waals surface area contributed by atoms with E-state index in [2.05, 4.69) is 9.71 Å².